The van der Waals surface area contributed by atoms with E-state index in [4.69, 9.17) is 5.11 Å². The van der Waals surface area contributed by atoms with Crippen LogP contribution in [0.2, 0.25) is 0 Å². The maximum atomic E-state index is 10.7. The van der Waals surface area contributed by atoms with Gasteiger partial charge >= 0.3 is 5.97 Å². The predicted molar refractivity (Wildman–Crippen MR) is 43.8 cm³/mol. The first-order valence-electron chi connectivity index (χ1n) is 3.23. The summed E-state index contributed by atoms with van der Waals surface area (Å²) in [5.74, 6) is -0.802. The van der Waals surface area contributed by atoms with Crippen molar-refractivity contribution in [3.8, 4) is 0 Å². The zero-order valence-corrected chi connectivity index (χ0v) is 7.23. The highest BCUT2D eigenvalue weighted by atomic mass is 32.1. The van der Waals surface area contributed by atoms with Crippen molar-refractivity contribution in [2.45, 2.75) is 19.3 Å². The summed E-state index contributed by atoms with van der Waals surface area (Å²) in [6.45, 7) is 3.37. The van der Waals surface area contributed by atoms with Crippen molar-refractivity contribution < 1.29 is 9.90 Å². The van der Waals surface area contributed by atoms with Gasteiger partial charge in [0, 0.05) is 5.38 Å². The van der Waals surface area contributed by atoms with Crippen LogP contribution in [0.15, 0.2) is 11.4 Å². The Morgan fingerprint density at radius 1 is 1.73 bits per heavy atom. The molecule has 0 amide bonds. The van der Waals surface area contributed by atoms with Gasteiger partial charge < -0.3 is 5.11 Å². The summed E-state index contributed by atoms with van der Waals surface area (Å²) in [6.07, 6.45) is 0. The third-order valence-electron chi connectivity index (χ3n) is 1.72. The largest absolute Gasteiger partial charge is 0.481 e. The van der Waals surface area contributed by atoms with Gasteiger partial charge in [0.15, 0.2) is 0 Å². The maximum absolute atomic E-state index is 10.7. The molecule has 0 aliphatic heterocycles. The molecule has 0 aromatic carbocycles. The van der Waals surface area contributed by atoms with Gasteiger partial charge in [0.25, 0.3) is 0 Å². The standard InChI is InChI=1S/C8H9O2S/c1-8(2,7(9)10)6-3-4-11-5-6/h3,5H,1-2H3,(H,9,10). The lowest BCUT2D eigenvalue weighted by atomic mass is 9.87. The molecule has 1 aromatic rings. The van der Waals surface area contributed by atoms with Crippen molar-refractivity contribution in [2.75, 3.05) is 0 Å². The Bertz CT molecular complexity index is 249. The highest BCUT2D eigenvalue weighted by molar-refractivity contribution is 7.07. The Hall–Kier alpha value is -0.830. The fourth-order valence-electron chi connectivity index (χ4n) is 0.680. The van der Waals surface area contributed by atoms with Crippen LogP contribution in [0.5, 0.6) is 0 Å². The van der Waals surface area contributed by atoms with Crippen LogP contribution < -0.4 is 0 Å². The van der Waals surface area contributed by atoms with Crippen LogP contribution in [-0.4, -0.2) is 11.1 Å². The second kappa shape index (κ2) is 2.66. The fourth-order valence-corrected chi connectivity index (χ4v) is 1.43. The van der Waals surface area contributed by atoms with Crippen molar-refractivity contribution in [2.24, 2.45) is 0 Å². The van der Waals surface area contributed by atoms with E-state index in [1.54, 1.807) is 19.9 Å². The fraction of sp³-hybridized carbons (Fsp3) is 0.375. The number of aliphatic carboxylic acids is 1. The number of carboxylic acid groups (broad SMARTS) is 1. The summed E-state index contributed by atoms with van der Waals surface area (Å²) in [5, 5.41) is 13.5. The lowest BCUT2D eigenvalue weighted by molar-refractivity contribution is -0.142. The molecule has 0 atom stereocenters. The molecule has 1 heterocycles. The van der Waals surface area contributed by atoms with E-state index in [1.807, 2.05) is 5.38 Å². The summed E-state index contributed by atoms with van der Waals surface area (Å²) in [4.78, 5) is 10.7. The van der Waals surface area contributed by atoms with Gasteiger partial charge in [-0.05, 0) is 30.9 Å². The van der Waals surface area contributed by atoms with E-state index < -0.39 is 11.4 Å². The summed E-state index contributed by atoms with van der Waals surface area (Å²) < 4.78 is 0. The number of hydrogen-bond acceptors (Lipinski definition) is 2. The third-order valence-corrected chi connectivity index (χ3v) is 2.35. The average Bonchev–Trinajstić information content (AvgIpc) is 2.37. The zero-order valence-electron chi connectivity index (χ0n) is 6.42. The minimum absolute atomic E-state index is 0.781. The number of carbonyl (C=O) groups is 1. The van der Waals surface area contributed by atoms with E-state index in [1.165, 1.54) is 11.3 Å². The quantitative estimate of drug-likeness (QED) is 0.734. The van der Waals surface area contributed by atoms with Gasteiger partial charge in [0.1, 0.15) is 0 Å². The smallest absolute Gasteiger partial charge is 0.313 e. The average molecular weight is 169 g/mol. The van der Waals surface area contributed by atoms with Gasteiger partial charge in [-0.15, -0.1) is 11.3 Å². The van der Waals surface area contributed by atoms with Crippen LogP contribution >= 0.6 is 11.3 Å². The summed E-state index contributed by atoms with van der Waals surface area (Å²) in [7, 11) is 0. The topological polar surface area (TPSA) is 37.3 Å². The van der Waals surface area contributed by atoms with Crippen molar-refractivity contribution in [1.29, 1.82) is 0 Å². The molecule has 0 bridgehead atoms. The second-order valence-corrected chi connectivity index (χ2v) is 3.59. The molecule has 1 N–H and O–H groups in total. The predicted octanol–water partition coefficient (Wildman–Crippen LogP) is 1.91. The van der Waals surface area contributed by atoms with Crippen LogP contribution in [0.25, 0.3) is 0 Å². The molecular formula is C8H9O2S. The number of rotatable bonds is 2. The van der Waals surface area contributed by atoms with E-state index in [2.05, 4.69) is 5.38 Å². The Labute approximate surface area is 69.5 Å². The lowest BCUT2D eigenvalue weighted by Crippen LogP contribution is -2.27. The van der Waals surface area contributed by atoms with Crippen LogP contribution in [0.4, 0.5) is 0 Å². The highest BCUT2D eigenvalue weighted by Gasteiger charge is 2.29. The van der Waals surface area contributed by atoms with Crippen molar-refractivity contribution in [1.82, 2.24) is 0 Å². The van der Waals surface area contributed by atoms with Crippen molar-refractivity contribution in [3.63, 3.8) is 0 Å². The number of hydrogen-bond donors (Lipinski definition) is 1. The molecule has 0 aliphatic carbocycles. The molecule has 0 fully saturated rings. The van der Waals surface area contributed by atoms with Crippen LogP contribution in [0.3, 0.4) is 0 Å². The third kappa shape index (κ3) is 1.43. The lowest BCUT2D eigenvalue weighted by Gasteiger charge is -2.16. The van der Waals surface area contributed by atoms with Gasteiger partial charge in [-0.3, -0.25) is 4.79 Å². The number of thiophene rings is 1. The summed E-state index contributed by atoms with van der Waals surface area (Å²) >= 11 is 1.40. The Morgan fingerprint density at radius 2 is 2.36 bits per heavy atom. The van der Waals surface area contributed by atoms with Crippen LogP contribution in [0.1, 0.15) is 19.4 Å². The molecule has 0 saturated heterocycles. The van der Waals surface area contributed by atoms with Gasteiger partial charge in [0.05, 0.1) is 5.41 Å². The van der Waals surface area contributed by atoms with Crippen molar-refractivity contribution >= 4 is 17.3 Å². The molecule has 1 radical (unpaired) electrons. The molecule has 3 heteroatoms. The molecule has 0 aliphatic rings. The Kier molecular flexibility index (Phi) is 2.00. The van der Waals surface area contributed by atoms with Crippen LogP contribution in [-0.2, 0) is 10.2 Å². The van der Waals surface area contributed by atoms with E-state index in [0.29, 0.717) is 0 Å². The first kappa shape index (κ1) is 8.27. The summed E-state index contributed by atoms with van der Waals surface area (Å²) in [5.41, 5.74) is 0.0336. The van der Waals surface area contributed by atoms with E-state index in [-0.39, 0.29) is 0 Å². The molecule has 0 saturated carbocycles. The van der Waals surface area contributed by atoms with Crippen LogP contribution in [0, 0.1) is 5.38 Å². The maximum Gasteiger partial charge on any atom is 0.313 e. The monoisotopic (exact) mass is 169 g/mol. The van der Waals surface area contributed by atoms with E-state index >= 15 is 0 Å². The van der Waals surface area contributed by atoms with Gasteiger partial charge in [0.2, 0.25) is 0 Å². The van der Waals surface area contributed by atoms with E-state index in [0.717, 1.165) is 5.56 Å². The zero-order chi connectivity index (χ0) is 8.48. The highest BCUT2D eigenvalue weighted by Crippen LogP contribution is 2.24. The molecule has 1 aromatic heterocycles. The molecule has 0 spiro atoms. The van der Waals surface area contributed by atoms with Gasteiger partial charge in [-0.1, -0.05) is 0 Å². The van der Waals surface area contributed by atoms with E-state index in [9.17, 15) is 4.79 Å². The second-order valence-electron chi connectivity index (χ2n) is 2.88. The minimum atomic E-state index is -0.802. The molecule has 59 valence electrons. The molecule has 2 nitrogen and oxygen atoms in total. The SMILES string of the molecule is CC(C)(C(=O)O)c1c[c]sc1. The van der Waals surface area contributed by atoms with Crippen molar-refractivity contribution in [3.05, 3.63) is 22.4 Å². The molecule has 11 heavy (non-hydrogen) atoms. The Morgan fingerprint density at radius 3 is 2.73 bits per heavy atom. The first-order valence-corrected chi connectivity index (χ1v) is 4.11. The first-order chi connectivity index (χ1) is 5.05. The van der Waals surface area contributed by atoms with Gasteiger partial charge in [-0.2, -0.15) is 0 Å². The number of carboxylic acids is 1. The molecular weight excluding hydrogens is 160 g/mol. The Balaban J connectivity index is 3.00. The minimum Gasteiger partial charge on any atom is -0.481 e. The molecule has 1 rings (SSSR count). The summed E-state index contributed by atoms with van der Waals surface area (Å²) in [6, 6.07) is 1.72. The molecule has 0 unspecified atom stereocenters. The normalized spacial score (nSPS) is 11.5. The van der Waals surface area contributed by atoms with Gasteiger partial charge in [-0.25, -0.2) is 0 Å².